The lowest BCUT2D eigenvalue weighted by molar-refractivity contribution is 0.0901. The van der Waals surface area contributed by atoms with Gasteiger partial charge >= 0.3 is 0 Å². The summed E-state index contributed by atoms with van der Waals surface area (Å²) >= 11 is 6.84. The molecule has 0 radical (unpaired) electrons. The first kappa shape index (κ1) is 21.6. The van der Waals surface area contributed by atoms with Crippen molar-refractivity contribution in [3.8, 4) is 6.07 Å². The minimum atomic E-state index is -0.362. The number of fused-ring (bicyclic) bond motifs is 2. The second-order valence-corrected chi connectivity index (χ2v) is 9.32. The Morgan fingerprint density at radius 1 is 1.33 bits per heavy atom. The van der Waals surface area contributed by atoms with Gasteiger partial charge in [-0.25, -0.2) is 14.9 Å². The molecule has 3 heterocycles. The second-order valence-electron chi connectivity index (χ2n) is 8.76. The summed E-state index contributed by atoms with van der Waals surface area (Å²) in [5, 5.41) is 16.7. The molecule has 1 aliphatic heterocycles. The number of aromatic nitrogens is 3. The van der Waals surface area contributed by atoms with E-state index in [1.807, 2.05) is 25.1 Å². The fourth-order valence-electron chi connectivity index (χ4n) is 5.45. The third-order valence-corrected chi connectivity index (χ3v) is 7.41. The number of alkyl halides is 1. The van der Waals surface area contributed by atoms with E-state index in [4.69, 9.17) is 17.3 Å². The number of nitriles is 1. The molecule has 2 aliphatic rings. The van der Waals surface area contributed by atoms with Crippen LogP contribution in [0.4, 0.5) is 5.82 Å². The number of halogens is 1. The van der Waals surface area contributed by atoms with Crippen molar-refractivity contribution in [1.82, 2.24) is 30.8 Å². The largest absolute Gasteiger partial charge is 0.381 e. The Hall–Kier alpha value is -3.19. The number of nitrogens with two attached hydrogens (primary N) is 1. The van der Waals surface area contributed by atoms with Gasteiger partial charge in [-0.1, -0.05) is 30.3 Å². The first-order chi connectivity index (χ1) is 16.0. The normalized spacial score (nSPS) is 29.8. The van der Waals surface area contributed by atoms with Crippen LogP contribution < -0.4 is 21.9 Å². The highest BCUT2D eigenvalue weighted by molar-refractivity contribution is 6.21. The summed E-state index contributed by atoms with van der Waals surface area (Å²) in [7, 11) is 0. The summed E-state index contributed by atoms with van der Waals surface area (Å²) < 4.78 is 1.50. The minimum absolute atomic E-state index is 0.0304. The number of rotatable bonds is 4. The Kier molecular flexibility index (Phi) is 5.66. The SMILES string of the molecule is CC(NC(=O)c1c(N)nn2cccnc12)C1CC(Cl)C2C(C#N)NNC2C1c1ccccc1. The molecule has 33 heavy (non-hydrogen) atoms. The number of hydrazine groups is 1. The van der Waals surface area contributed by atoms with E-state index in [2.05, 4.69) is 44.5 Å². The predicted octanol–water partition coefficient (Wildman–Crippen LogP) is 1.83. The van der Waals surface area contributed by atoms with Crippen LogP contribution >= 0.6 is 11.6 Å². The van der Waals surface area contributed by atoms with Crippen molar-refractivity contribution in [2.75, 3.05) is 5.73 Å². The van der Waals surface area contributed by atoms with E-state index in [1.165, 1.54) is 4.52 Å². The highest BCUT2D eigenvalue weighted by atomic mass is 35.5. The molecule has 1 amide bonds. The predicted molar refractivity (Wildman–Crippen MR) is 124 cm³/mol. The second kappa shape index (κ2) is 8.63. The molecule has 1 aliphatic carbocycles. The summed E-state index contributed by atoms with van der Waals surface area (Å²) in [5.41, 5.74) is 14.3. The van der Waals surface area contributed by atoms with Crippen molar-refractivity contribution in [3.05, 3.63) is 59.9 Å². The van der Waals surface area contributed by atoms with E-state index in [0.717, 1.165) is 5.56 Å². The zero-order chi connectivity index (χ0) is 23.1. The van der Waals surface area contributed by atoms with E-state index in [-0.39, 0.29) is 58.5 Å². The Balaban J connectivity index is 1.45. The van der Waals surface area contributed by atoms with Crippen molar-refractivity contribution in [2.24, 2.45) is 11.8 Å². The number of nitrogens with one attached hydrogen (secondary N) is 3. The third-order valence-electron chi connectivity index (χ3n) is 6.94. The van der Waals surface area contributed by atoms with Gasteiger partial charge in [0.2, 0.25) is 0 Å². The minimum Gasteiger partial charge on any atom is -0.381 e. The zero-order valence-corrected chi connectivity index (χ0v) is 18.8. The first-order valence-electron chi connectivity index (χ1n) is 11.0. The number of carbonyl (C=O) groups excluding carboxylic acids is 1. The molecule has 5 rings (SSSR count). The average Bonchev–Trinajstić information content (AvgIpc) is 3.40. The maximum Gasteiger partial charge on any atom is 0.259 e. The van der Waals surface area contributed by atoms with Crippen LogP contribution in [0, 0.1) is 23.2 Å². The van der Waals surface area contributed by atoms with Crippen molar-refractivity contribution >= 4 is 29.0 Å². The quantitative estimate of drug-likeness (QED) is 0.433. The van der Waals surface area contributed by atoms with E-state index < -0.39 is 0 Å². The van der Waals surface area contributed by atoms with Gasteiger partial charge in [0.05, 0.1) is 6.07 Å². The number of anilines is 1. The van der Waals surface area contributed by atoms with E-state index in [0.29, 0.717) is 12.1 Å². The maximum atomic E-state index is 13.3. The molecule has 7 unspecified atom stereocenters. The van der Waals surface area contributed by atoms with Crippen LogP contribution in [-0.2, 0) is 0 Å². The average molecular weight is 465 g/mol. The fraction of sp³-hybridized carbons (Fsp3) is 0.391. The van der Waals surface area contributed by atoms with Crippen molar-refractivity contribution in [1.29, 1.82) is 5.26 Å². The number of hydrogen-bond acceptors (Lipinski definition) is 7. The number of benzene rings is 1. The summed E-state index contributed by atoms with van der Waals surface area (Å²) in [4.78, 5) is 17.5. The van der Waals surface area contributed by atoms with Crippen molar-refractivity contribution < 1.29 is 4.79 Å². The first-order valence-corrected chi connectivity index (χ1v) is 11.4. The Morgan fingerprint density at radius 2 is 2.12 bits per heavy atom. The van der Waals surface area contributed by atoms with Crippen LogP contribution in [0.1, 0.15) is 35.2 Å². The van der Waals surface area contributed by atoms with Gasteiger partial charge in [0.15, 0.2) is 11.5 Å². The van der Waals surface area contributed by atoms with E-state index in [1.54, 1.807) is 18.5 Å². The molecular formula is C23H25ClN8O. The Bertz CT molecular complexity index is 1210. The number of nitrogens with zero attached hydrogens (tertiary/aromatic N) is 4. The molecule has 1 saturated heterocycles. The van der Waals surface area contributed by atoms with Gasteiger partial charge in [-0.3, -0.25) is 10.2 Å². The zero-order valence-electron chi connectivity index (χ0n) is 18.0. The Morgan fingerprint density at radius 3 is 2.88 bits per heavy atom. The van der Waals surface area contributed by atoms with Crippen LogP contribution in [0.25, 0.3) is 5.65 Å². The molecule has 1 aromatic carbocycles. The number of amides is 1. The van der Waals surface area contributed by atoms with Gasteiger partial charge in [-0.2, -0.15) is 5.26 Å². The lowest BCUT2D eigenvalue weighted by atomic mass is 9.64. The molecule has 0 spiro atoms. The van der Waals surface area contributed by atoms with Gasteiger partial charge in [0.25, 0.3) is 5.91 Å². The fourth-order valence-corrected chi connectivity index (χ4v) is 5.96. The van der Waals surface area contributed by atoms with E-state index in [9.17, 15) is 10.1 Å². The smallest absolute Gasteiger partial charge is 0.259 e. The molecule has 2 fully saturated rings. The molecular weight excluding hydrogens is 440 g/mol. The van der Waals surface area contributed by atoms with Crippen molar-refractivity contribution in [3.63, 3.8) is 0 Å². The van der Waals surface area contributed by atoms with E-state index >= 15 is 0 Å². The molecule has 7 atom stereocenters. The van der Waals surface area contributed by atoms with Crippen LogP contribution in [0.2, 0.25) is 0 Å². The summed E-state index contributed by atoms with van der Waals surface area (Å²) in [5.74, 6) is -0.147. The molecule has 9 nitrogen and oxygen atoms in total. The summed E-state index contributed by atoms with van der Waals surface area (Å²) in [6.07, 6.45) is 3.97. The molecule has 3 aromatic rings. The maximum absolute atomic E-state index is 13.3. The highest BCUT2D eigenvalue weighted by Gasteiger charge is 2.52. The lowest BCUT2D eigenvalue weighted by Crippen LogP contribution is -2.53. The third kappa shape index (κ3) is 3.70. The highest BCUT2D eigenvalue weighted by Crippen LogP contribution is 2.47. The van der Waals surface area contributed by atoms with Crippen molar-refractivity contribution in [2.45, 2.75) is 42.8 Å². The monoisotopic (exact) mass is 464 g/mol. The molecule has 5 N–H and O–H groups in total. The molecule has 2 aromatic heterocycles. The van der Waals surface area contributed by atoms with Gasteiger partial charge in [0, 0.05) is 41.7 Å². The molecule has 170 valence electrons. The number of nitrogen functional groups attached to an aromatic ring is 1. The number of carbonyl (C=O) groups is 1. The lowest BCUT2D eigenvalue weighted by Gasteiger charge is -2.45. The van der Waals surface area contributed by atoms with Crippen LogP contribution in [-0.4, -0.2) is 44.0 Å². The molecule has 10 heteroatoms. The van der Waals surface area contributed by atoms with Gasteiger partial charge < -0.3 is 11.1 Å². The molecule has 0 bridgehead atoms. The van der Waals surface area contributed by atoms with Crippen LogP contribution in [0.5, 0.6) is 0 Å². The number of hydrogen-bond donors (Lipinski definition) is 4. The van der Waals surface area contributed by atoms with Gasteiger partial charge in [-0.05, 0) is 30.9 Å². The molecule has 1 saturated carbocycles. The summed E-state index contributed by atoms with van der Waals surface area (Å²) in [6.45, 7) is 1.99. The van der Waals surface area contributed by atoms with Crippen LogP contribution in [0.15, 0.2) is 48.8 Å². The topological polar surface area (TPSA) is 133 Å². The summed E-state index contributed by atoms with van der Waals surface area (Å²) in [6, 6.07) is 13.6. The Labute approximate surface area is 196 Å². The van der Waals surface area contributed by atoms with Gasteiger partial charge in [0.1, 0.15) is 11.6 Å². The van der Waals surface area contributed by atoms with Gasteiger partial charge in [-0.15, -0.1) is 16.7 Å². The standard InChI is InChI=1S/C23H25ClN8O/c1-12(28-23(33)19-21(26)31-32-9-5-8-27-22(19)32)14-10-15(24)18-16(11-25)29-30-20(18)17(14)13-6-3-2-4-7-13/h2-9,12,14-18,20,29-30H,10H2,1H3,(H2,26,31)(H,28,33). The van der Waals surface area contributed by atoms with Crippen LogP contribution in [0.3, 0.4) is 0 Å².